The van der Waals surface area contributed by atoms with E-state index in [4.69, 9.17) is 0 Å². The normalized spacial score (nSPS) is 20.9. The molecule has 1 N–H and O–H groups in total. The Labute approximate surface area is 94.2 Å². The quantitative estimate of drug-likeness (QED) is 0.711. The van der Waals surface area contributed by atoms with Crippen LogP contribution in [0.4, 0.5) is 5.69 Å². The van der Waals surface area contributed by atoms with Gasteiger partial charge in [0.15, 0.2) is 0 Å². The number of rotatable bonds is 1. The van der Waals surface area contributed by atoms with E-state index in [9.17, 15) is 9.59 Å². The van der Waals surface area contributed by atoms with E-state index in [1.54, 1.807) is 6.92 Å². The number of imide groups is 1. The van der Waals surface area contributed by atoms with Crippen molar-refractivity contribution in [2.24, 2.45) is 0 Å². The molecule has 1 unspecified atom stereocenters. The predicted molar refractivity (Wildman–Crippen MR) is 61.1 cm³/mol. The summed E-state index contributed by atoms with van der Waals surface area (Å²) in [5, 5.41) is 2.33. The topological polar surface area (TPSA) is 49.4 Å². The summed E-state index contributed by atoms with van der Waals surface area (Å²) in [6, 6.07) is 7.44. The van der Waals surface area contributed by atoms with Crippen LogP contribution in [-0.2, 0) is 9.59 Å². The zero-order valence-electron chi connectivity index (χ0n) is 9.36. The first-order chi connectivity index (χ1) is 7.59. The number of carbonyl (C=O) groups excluding carboxylic acids is 2. The van der Waals surface area contributed by atoms with E-state index < -0.39 is 0 Å². The molecule has 1 aliphatic rings. The van der Waals surface area contributed by atoms with E-state index in [0.29, 0.717) is 0 Å². The maximum absolute atomic E-state index is 11.5. The van der Waals surface area contributed by atoms with Gasteiger partial charge in [-0.2, -0.15) is 0 Å². The third-order valence-electron chi connectivity index (χ3n) is 2.85. The third-order valence-corrected chi connectivity index (χ3v) is 2.85. The van der Waals surface area contributed by atoms with Gasteiger partial charge in [-0.1, -0.05) is 18.2 Å². The molecule has 1 fully saturated rings. The van der Waals surface area contributed by atoms with Crippen LogP contribution in [-0.4, -0.2) is 24.4 Å². The van der Waals surface area contributed by atoms with Crippen LogP contribution in [0.3, 0.4) is 0 Å². The minimum absolute atomic E-state index is 0.234. The Morgan fingerprint density at radius 2 is 2.00 bits per heavy atom. The first-order valence-electron chi connectivity index (χ1n) is 5.25. The lowest BCUT2D eigenvalue weighted by Crippen LogP contribution is -2.57. The molecule has 1 aromatic rings. The summed E-state index contributed by atoms with van der Waals surface area (Å²) in [5.41, 5.74) is 2.01. The number of benzene rings is 1. The van der Waals surface area contributed by atoms with Gasteiger partial charge in [0.25, 0.3) is 0 Å². The highest BCUT2D eigenvalue weighted by Crippen LogP contribution is 2.22. The molecule has 1 atom stereocenters. The standard InChI is InChI=1S/C12H14N2O2/c1-8-5-3-4-6-10(8)14-7-11(15)13-12(16)9(14)2/h3-6,9H,7H2,1-2H3,(H,13,15,16). The van der Waals surface area contributed by atoms with Gasteiger partial charge in [0.05, 0.1) is 6.54 Å². The fourth-order valence-electron chi connectivity index (χ4n) is 1.89. The monoisotopic (exact) mass is 218 g/mol. The minimum Gasteiger partial charge on any atom is -0.350 e. The Balaban J connectivity index is 2.36. The zero-order chi connectivity index (χ0) is 11.7. The number of aryl methyl sites for hydroxylation is 1. The van der Waals surface area contributed by atoms with Crippen molar-refractivity contribution in [3.63, 3.8) is 0 Å². The molecule has 1 aliphatic heterocycles. The van der Waals surface area contributed by atoms with Crippen LogP contribution >= 0.6 is 0 Å². The number of para-hydroxylation sites is 1. The molecular weight excluding hydrogens is 204 g/mol. The second-order valence-corrected chi connectivity index (χ2v) is 4.00. The Kier molecular flexibility index (Phi) is 2.64. The first-order valence-corrected chi connectivity index (χ1v) is 5.25. The van der Waals surface area contributed by atoms with Gasteiger partial charge in [0.1, 0.15) is 6.04 Å². The van der Waals surface area contributed by atoms with E-state index >= 15 is 0 Å². The highest BCUT2D eigenvalue weighted by molar-refractivity contribution is 6.04. The van der Waals surface area contributed by atoms with Gasteiger partial charge >= 0.3 is 0 Å². The molecule has 0 bridgehead atoms. The number of nitrogens with zero attached hydrogens (tertiary/aromatic N) is 1. The van der Waals surface area contributed by atoms with Crippen molar-refractivity contribution < 1.29 is 9.59 Å². The molecule has 2 rings (SSSR count). The van der Waals surface area contributed by atoms with Crippen molar-refractivity contribution in [3.8, 4) is 0 Å². The number of amides is 2. The number of nitrogens with one attached hydrogen (secondary N) is 1. The molecule has 1 aromatic carbocycles. The number of anilines is 1. The number of carbonyl (C=O) groups is 2. The summed E-state index contributed by atoms with van der Waals surface area (Å²) >= 11 is 0. The van der Waals surface area contributed by atoms with Crippen LogP contribution in [0.25, 0.3) is 0 Å². The summed E-state index contributed by atoms with van der Waals surface area (Å²) in [5.74, 6) is -0.481. The minimum atomic E-state index is -0.307. The van der Waals surface area contributed by atoms with E-state index in [-0.39, 0.29) is 24.4 Å². The van der Waals surface area contributed by atoms with Gasteiger partial charge in [-0.15, -0.1) is 0 Å². The average molecular weight is 218 g/mol. The van der Waals surface area contributed by atoms with Crippen LogP contribution in [0.5, 0.6) is 0 Å². The van der Waals surface area contributed by atoms with Crippen LogP contribution < -0.4 is 10.2 Å². The first kappa shape index (κ1) is 10.7. The lowest BCUT2D eigenvalue weighted by molar-refractivity contribution is -0.132. The summed E-state index contributed by atoms with van der Waals surface area (Å²) in [6.07, 6.45) is 0. The van der Waals surface area contributed by atoms with E-state index in [1.807, 2.05) is 36.1 Å². The van der Waals surface area contributed by atoms with Crippen molar-refractivity contribution in [1.82, 2.24) is 5.32 Å². The third kappa shape index (κ3) is 1.78. The Morgan fingerprint density at radius 3 is 2.69 bits per heavy atom. The Hall–Kier alpha value is -1.84. The van der Waals surface area contributed by atoms with Crippen molar-refractivity contribution in [2.45, 2.75) is 19.9 Å². The summed E-state index contributed by atoms with van der Waals surface area (Å²) in [7, 11) is 0. The number of piperazine rings is 1. The molecule has 0 radical (unpaired) electrons. The molecular formula is C12H14N2O2. The molecule has 1 heterocycles. The molecule has 16 heavy (non-hydrogen) atoms. The second-order valence-electron chi connectivity index (χ2n) is 4.00. The fraction of sp³-hybridized carbons (Fsp3) is 0.333. The second kappa shape index (κ2) is 3.96. The molecule has 2 amide bonds. The highest BCUT2D eigenvalue weighted by Gasteiger charge is 2.30. The molecule has 1 saturated heterocycles. The van der Waals surface area contributed by atoms with Crippen molar-refractivity contribution in [2.75, 3.05) is 11.4 Å². The molecule has 0 saturated carbocycles. The van der Waals surface area contributed by atoms with Crippen molar-refractivity contribution in [3.05, 3.63) is 29.8 Å². The van der Waals surface area contributed by atoms with Crippen LogP contribution in [0, 0.1) is 6.92 Å². The number of hydrogen-bond donors (Lipinski definition) is 1. The van der Waals surface area contributed by atoms with Gasteiger partial charge in [-0.3, -0.25) is 14.9 Å². The SMILES string of the molecule is Cc1ccccc1N1CC(=O)NC(=O)C1C. The molecule has 0 aliphatic carbocycles. The van der Waals surface area contributed by atoms with E-state index in [1.165, 1.54) is 0 Å². The van der Waals surface area contributed by atoms with Gasteiger partial charge in [0.2, 0.25) is 11.8 Å². The van der Waals surface area contributed by atoms with E-state index in [0.717, 1.165) is 11.3 Å². The molecule has 0 aromatic heterocycles. The number of hydrogen-bond acceptors (Lipinski definition) is 3. The van der Waals surface area contributed by atoms with Crippen LogP contribution in [0.2, 0.25) is 0 Å². The van der Waals surface area contributed by atoms with Gasteiger partial charge in [-0.25, -0.2) is 0 Å². The van der Waals surface area contributed by atoms with Gasteiger partial charge < -0.3 is 4.90 Å². The lowest BCUT2D eigenvalue weighted by Gasteiger charge is -2.34. The predicted octanol–water partition coefficient (Wildman–Crippen LogP) is 0.846. The molecule has 4 nitrogen and oxygen atoms in total. The molecule has 84 valence electrons. The van der Waals surface area contributed by atoms with Crippen LogP contribution in [0.1, 0.15) is 12.5 Å². The Morgan fingerprint density at radius 1 is 1.31 bits per heavy atom. The highest BCUT2D eigenvalue weighted by atomic mass is 16.2. The van der Waals surface area contributed by atoms with Crippen LogP contribution in [0.15, 0.2) is 24.3 Å². The van der Waals surface area contributed by atoms with Gasteiger partial charge in [0, 0.05) is 5.69 Å². The van der Waals surface area contributed by atoms with Crippen molar-refractivity contribution in [1.29, 1.82) is 0 Å². The van der Waals surface area contributed by atoms with Crippen molar-refractivity contribution >= 4 is 17.5 Å². The molecule has 4 heteroatoms. The molecule has 0 spiro atoms. The largest absolute Gasteiger partial charge is 0.350 e. The summed E-state index contributed by atoms with van der Waals surface area (Å²) < 4.78 is 0. The summed E-state index contributed by atoms with van der Waals surface area (Å²) in [4.78, 5) is 24.7. The Bertz CT molecular complexity index is 442. The van der Waals surface area contributed by atoms with Gasteiger partial charge in [-0.05, 0) is 25.5 Å². The average Bonchev–Trinajstić information content (AvgIpc) is 2.24. The maximum Gasteiger partial charge on any atom is 0.249 e. The summed E-state index contributed by atoms with van der Waals surface area (Å²) in [6.45, 7) is 4.00. The fourth-order valence-corrected chi connectivity index (χ4v) is 1.89. The van der Waals surface area contributed by atoms with E-state index in [2.05, 4.69) is 5.32 Å². The maximum atomic E-state index is 11.5. The smallest absolute Gasteiger partial charge is 0.249 e. The lowest BCUT2D eigenvalue weighted by atomic mass is 10.1. The zero-order valence-corrected chi connectivity index (χ0v) is 9.36.